The number of fused-ring (bicyclic) bond motifs is 5. The van der Waals surface area contributed by atoms with Crippen LogP contribution in [-0.2, 0) is 14.3 Å². The Morgan fingerprint density at radius 1 is 1.14 bits per heavy atom. The Morgan fingerprint density at radius 3 is 2.49 bits per heavy atom. The molecule has 2 saturated carbocycles. The monoisotopic (exact) mass is 486 g/mol. The van der Waals surface area contributed by atoms with Gasteiger partial charge in [0.15, 0.2) is 5.78 Å². The highest BCUT2D eigenvalue weighted by Gasteiger charge is 2.79. The highest BCUT2D eigenvalue weighted by molar-refractivity contribution is 5.98. The van der Waals surface area contributed by atoms with E-state index in [2.05, 4.69) is 0 Å². The van der Waals surface area contributed by atoms with Gasteiger partial charge in [0.1, 0.15) is 22.9 Å². The Labute approximate surface area is 206 Å². The van der Waals surface area contributed by atoms with Crippen molar-refractivity contribution in [3.8, 4) is 0 Å². The van der Waals surface area contributed by atoms with Crippen LogP contribution in [0.3, 0.4) is 0 Å². The first-order valence-electron chi connectivity index (χ1n) is 12.8. The maximum Gasteiger partial charge on any atom is 0.334 e. The van der Waals surface area contributed by atoms with Crippen LogP contribution >= 0.6 is 0 Å². The summed E-state index contributed by atoms with van der Waals surface area (Å²) < 4.78 is 5.58. The molecule has 0 saturated heterocycles. The zero-order chi connectivity index (χ0) is 25.8. The van der Waals surface area contributed by atoms with E-state index in [1.807, 2.05) is 19.1 Å². The first kappa shape index (κ1) is 24.9. The molecule has 1 heterocycles. The summed E-state index contributed by atoms with van der Waals surface area (Å²) in [7, 11) is 0. The zero-order valence-corrected chi connectivity index (χ0v) is 21.3. The number of rotatable bonds is 2. The summed E-state index contributed by atoms with van der Waals surface area (Å²) in [6, 6.07) is 0. The maximum absolute atomic E-state index is 13.1. The number of carbonyl (C=O) groups excluding carboxylic acids is 2. The summed E-state index contributed by atoms with van der Waals surface area (Å²) in [6.07, 6.45) is 5.24. The highest BCUT2D eigenvalue weighted by atomic mass is 16.6. The fraction of sp³-hybridized carbons (Fsp3) is 0.714. The summed E-state index contributed by atoms with van der Waals surface area (Å²) in [5, 5.41) is 47.9. The van der Waals surface area contributed by atoms with Crippen molar-refractivity contribution in [2.45, 2.75) is 102 Å². The summed E-state index contributed by atoms with van der Waals surface area (Å²) in [5.41, 5.74) is -5.33. The average molecular weight is 487 g/mol. The molecule has 0 radical (unpaired) electrons. The normalized spacial score (nSPS) is 49.0. The molecule has 2 fully saturated rings. The van der Waals surface area contributed by atoms with E-state index < -0.39 is 51.7 Å². The molecule has 0 bridgehead atoms. The molecule has 7 heteroatoms. The number of allylic oxidation sites excluding steroid dienone is 4. The van der Waals surface area contributed by atoms with E-state index >= 15 is 0 Å². The molecule has 5 rings (SSSR count). The van der Waals surface area contributed by atoms with Gasteiger partial charge in [-0.3, -0.25) is 4.79 Å². The predicted octanol–water partition coefficient (Wildman–Crippen LogP) is 2.51. The topological polar surface area (TPSA) is 124 Å². The SMILES string of the molecule is CC1=C(C)C(=O)O[C@@H]([C@](C)(O)[C@]2(O)C[C@@H](O)[C@@]3(O)[C@@H]4CC=C5CC=CC(=O)[C@]5(C)[C@H]4CC[C@@]32C)C1. The minimum atomic E-state index is -1.93. The van der Waals surface area contributed by atoms with Gasteiger partial charge in [-0.2, -0.15) is 0 Å². The van der Waals surface area contributed by atoms with Crippen LogP contribution in [0, 0.1) is 22.7 Å². The van der Waals surface area contributed by atoms with Crippen molar-refractivity contribution >= 4 is 11.8 Å². The molecule has 0 unspecified atom stereocenters. The molecular formula is C28H38O7. The number of aliphatic hydroxyl groups is 4. The van der Waals surface area contributed by atoms with Gasteiger partial charge in [-0.25, -0.2) is 4.79 Å². The molecule has 4 N–H and O–H groups in total. The molecule has 35 heavy (non-hydrogen) atoms. The van der Waals surface area contributed by atoms with Crippen LogP contribution in [-0.4, -0.2) is 61.2 Å². The third-order valence-electron chi connectivity index (χ3n) is 11.1. The largest absolute Gasteiger partial charge is 0.455 e. The fourth-order valence-electron chi connectivity index (χ4n) is 8.44. The van der Waals surface area contributed by atoms with E-state index in [1.165, 1.54) is 6.92 Å². The summed E-state index contributed by atoms with van der Waals surface area (Å²) >= 11 is 0. The molecule has 0 aromatic heterocycles. The molecule has 0 aromatic rings. The van der Waals surface area contributed by atoms with Gasteiger partial charge in [0.2, 0.25) is 0 Å². The predicted molar refractivity (Wildman–Crippen MR) is 128 cm³/mol. The van der Waals surface area contributed by atoms with E-state index in [4.69, 9.17) is 4.74 Å². The Hall–Kier alpha value is -1.80. The second kappa shape index (κ2) is 7.37. The molecule has 4 aliphatic carbocycles. The smallest absolute Gasteiger partial charge is 0.334 e. The molecule has 5 aliphatic rings. The van der Waals surface area contributed by atoms with Gasteiger partial charge in [0, 0.05) is 23.8 Å². The molecule has 9 atom stereocenters. The highest BCUT2D eigenvalue weighted by Crippen LogP contribution is 2.70. The third-order valence-corrected chi connectivity index (χ3v) is 11.1. The van der Waals surface area contributed by atoms with Crippen LogP contribution in [0.2, 0.25) is 0 Å². The molecule has 1 aliphatic heterocycles. The number of hydrogen-bond acceptors (Lipinski definition) is 7. The second-order valence-electron chi connectivity index (χ2n) is 12.3. The molecule has 0 spiro atoms. The summed E-state index contributed by atoms with van der Waals surface area (Å²) in [5.74, 6) is -1.19. The molecular weight excluding hydrogens is 448 g/mol. The molecule has 7 nitrogen and oxygen atoms in total. The minimum Gasteiger partial charge on any atom is -0.455 e. The van der Waals surface area contributed by atoms with Crippen molar-refractivity contribution in [1.29, 1.82) is 0 Å². The van der Waals surface area contributed by atoms with E-state index in [0.717, 1.165) is 11.1 Å². The van der Waals surface area contributed by atoms with Crippen LogP contribution in [0.15, 0.2) is 34.9 Å². The molecule has 192 valence electrons. The first-order chi connectivity index (χ1) is 16.2. The van der Waals surface area contributed by atoms with Crippen molar-refractivity contribution in [2.24, 2.45) is 22.7 Å². The van der Waals surface area contributed by atoms with Crippen LogP contribution < -0.4 is 0 Å². The number of cyclic esters (lactones) is 1. The number of esters is 1. The van der Waals surface area contributed by atoms with Gasteiger partial charge in [0.05, 0.1) is 11.5 Å². The Bertz CT molecular complexity index is 1080. The summed E-state index contributed by atoms with van der Waals surface area (Å²) in [4.78, 5) is 25.6. The van der Waals surface area contributed by atoms with Crippen LogP contribution in [0.25, 0.3) is 0 Å². The van der Waals surface area contributed by atoms with Crippen molar-refractivity contribution in [3.63, 3.8) is 0 Å². The lowest BCUT2D eigenvalue weighted by atomic mass is 9.44. The third kappa shape index (κ3) is 2.76. The number of ketones is 1. The van der Waals surface area contributed by atoms with E-state index in [-0.39, 0.29) is 24.5 Å². The van der Waals surface area contributed by atoms with Gasteiger partial charge >= 0.3 is 5.97 Å². The van der Waals surface area contributed by atoms with Gasteiger partial charge in [-0.15, -0.1) is 0 Å². The molecule has 0 amide bonds. The molecule has 0 aromatic carbocycles. The van der Waals surface area contributed by atoms with E-state index in [1.54, 1.807) is 26.8 Å². The minimum absolute atomic E-state index is 0.0124. The van der Waals surface area contributed by atoms with Gasteiger partial charge < -0.3 is 25.2 Å². The van der Waals surface area contributed by atoms with Gasteiger partial charge in [-0.1, -0.05) is 30.2 Å². The van der Waals surface area contributed by atoms with Crippen LogP contribution in [0.4, 0.5) is 0 Å². The van der Waals surface area contributed by atoms with E-state index in [9.17, 15) is 30.0 Å². The average Bonchev–Trinajstić information content (AvgIpc) is 2.96. The van der Waals surface area contributed by atoms with Crippen LogP contribution in [0.1, 0.15) is 73.1 Å². The lowest BCUT2D eigenvalue weighted by Crippen LogP contribution is -2.72. The Morgan fingerprint density at radius 2 is 1.83 bits per heavy atom. The fourth-order valence-corrected chi connectivity index (χ4v) is 8.44. The number of hydrogen-bond donors (Lipinski definition) is 4. The quantitative estimate of drug-likeness (QED) is 0.349. The Balaban J connectivity index is 1.57. The van der Waals surface area contributed by atoms with Crippen LogP contribution in [0.5, 0.6) is 0 Å². The summed E-state index contributed by atoms with van der Waals surface area (Å²) in [6.45, 7) is 8.60. The number of carbonyl (C=O) groups is 2. The van der Waals surface area contributed by atoms with Crippen molar-refractivity contribution in [2.75, 3.05) is 0 Å². The standard InChI is InChI=1S/C28H38O7/c1-15-13-22(35-23(31)16(15)2)26(5,32)27(33)14-21(30)28(34)19-10-9-17-7-6-8-20(29)25(17,4)18(19)11-12-24(27,28)3/h6,8-9,18-19,21-22,30,32-34H,7,10-14H2,1-5H3/t18-,19+,21+,22+,24+,25-,26-,27-,28-/m0/s1. The van der Waals surface area contributed by atoms with E-state index in [0.29, 0.717) is 31.3 Å². The second-order valence-corrected chi connectivity index (χ2v) is 12.3. The van der Waals surface area contributed by atoms with Crippen molar-refractivity contribution < 1.29 is 34.8 Å². The van der Waals surface area contributed by atoms with Crippen molar-refractivity contribution in [1.82, 2.24) is 0 Å². The van der Waals surface area contributed by atoms with Gasteiger partial charge in [-0.05, 0) is 71.3 Å². The number of ether oxygens (including phenoxy) is 1. The zero-order valence-electron chi connectivity index (χ0n) is 21.3. The number of aliphatic hydroxyl groups excluding tert-OH is 1. The first-order valence-corrected chi connectivity index (χ1v) is 12.8. The lowest BCUT2D eigenvalue weighted by molar-refractivity contribution is -0.283. The maximum atomic E-state index is 13.1. The Kier molecular flexibility index (Phi) is 5.24. The van der Waals surface area contributed by atoms with Gasteiger partial charge in [0.25, 0.3) is 0 Å². The van der Waals surface area contributed by atoms with Crippen molar-refractivity contribution in [3.05, 3.63) is 34.9 Å². The lowest BCUT2D eigenvalue weighted by Gasteiger charge is -2.63.